The van der Waals surface area contributed by atoms with Crippen LogP contribution in [0.3, 0.4) is 0 Å². The number of carbonyl (C=O) groups is 1. The summed E-state index contributed by atoms with van der Waals surface area (Å²) >= 11 is 0. The lowest BCUT2D eigenvalue weighted by atomic mass is 10.0. The lowest BCUT2D eigenvalue weighted by molar-refractivity contribution is -0.138. The van der Waals surface area contributed by atoms with E-state index in [1.807, 2.05) is 30.3 Å². The first-order chi connectivity index (χ1) is 16.5. The molecule has 0 aliphatic carbocycles. The van der Waals surface area contributed by atoms with E-state index in [9.17, 15) is 14.3 Å². The first-order valence-corrected chi connectivity index (χ1v) is 10.8. The molecule has 9 heteroatoms. The Labute approximate surface area is 195 Å². The predicted octanol–water partition coefficient (Wildman–Crippen LogP) is 4.84. The number of aromatic nitrogens is 3. The van der Waals surface area contributed by atoms with Crippen LogP contribution in [-0.2, 0) is 4.79 Å². The van der Waals surface area contributed by atoms with Crippen LogP contribution in [0.25, 0.3) is 22.3 Å². The molecule has 2 heterocycles. The summed E-state index contributed by atoms with van der Waals surface area (Å²) in [6.45, 7) is 2.49. The third-order valence-corrected chi connectivity index (χ3v) is 5.50. The molecule has 4 aromatic rings. The molecule has 0 bridgehead atoms. The minimum atomic E-state index is -0.884. The number of hydrogen-bond donors (Lipinski definition) is 3. The molecule has 1 unspecified atom stereocenters. The van der Waals surface area contributed by atoms with Crippen molar-refractivity contribution in [1.29, 1.82) is 0 Å². The third kappa shape index (κ3) is 5.09. The van der Waals surface area contributed by atoms with Crippen LogP contribution >= 0.6 is 0 Å². The van der Waals surface area contributed by atoms with Crippen molar-refractivity contribution >= 4 is 22.7 Å². The van der Waals surface area contributed by atoms with Crippen molar-refractivity contribution < 1.29 is 23.8 Å². The highest BCUT2D eigenvalue weighted by atomic mass is 19.1. The number of methoxy groups -OCH3 is 1. The molecule has 0 saturated carbocycles. The minimum absolute atomic E-state index is 0.127. The average Bonchev–Trinajstić information content (AvgIpc) is 3.27. The Bertz CT molecular complexity index is 1290. The van der Waals surface area contributed by atoms with E-state index < -0.39 is 17.7 Å². The molecule has 3 N–H and O–H groups in total. The summed E-state index contributed by atoms with van der Waals surface area (Å²) in [5.74, 6) is -0.148. The topological polar surface area (TPSA) is 109 Å². The number of ether oxygens (including phenoxy) is 2. The number of H-pyrrole nitrogens is 1. The van der Waals surface area contributed by atoms with E-state index in [4.69, 9.17) is 9.47 Å². The second-order valence-electron chi connectivity index (χ2n) is 7.76. The number of halogens is 1. The molecular formula is C25H25FN4O4. The second kappa shape index (κ2) is 10.2. The Balaban J connectivity index is 1.33. The van der Waals surface area contributed by atoms with Gasteiger partial charge in [-0.1, -0.05) is 0 Å². The molecule has 0 spiro atoms. The molecule has 0 amide bonds. The predicted molar refractivity (Wildman–Crippen MR) is 127 cm³/mol. The Morgan fingerprint density at radius 1 is 1.21 bits per heavy atom. The Kier molecular flexibility index (Phi) is 6.91. The van der Waals surface area contributed by atoms with Crippen molar-refractivity contribution in [2.24, 2.45) is 0 Å². The van der Waals surface area contributed by atoms with Gasteiger partial charge in [0.1, 0.15) is 11.5 Å². The fraction of sp³-hybridized carbons (Fsp3) is 0.240. The van der Waals surface area contributed by atoms with Crippen LogP contribution in [0.4, 0.5) is 10.2 Å². The number of carboxylic acids is 1. The molecule has 0 radical (unpaired) electrons. The quantitative estimate of drug-likeness (QED) is 0.288. The number of hydrogen-bond acceptors (Lipinski definition) is 6. The number of nitrogens with one attached hydrogen (secondary N) is 2. The van der Waals surface area contributed by atoms with Gasteiger partial charge in [-0.3, -0.25) is 4.79 Å². The van der Waals surface area contributed by atoms with E-state index in [0.29, 0.717) is 42.5 Å². The molecule has 4 rings (SSSR count). The number of carboxylic acid groups (broad SMARTS) is 1. The van der Waals surface area contributed by atoms with E-state index in [2.05, 4.69) is 20.3 Å². The number of aliphatic carboxylic acids is 1. The number of anilines is 1. The molecule has 2 aromatic heterocycles. The van der Waals surface area contributed by atoms with Gasteiger partial charge < -0.3 is 24.9 Å². The van der Waals surface area contributed by atoms with Crippen LogP contribution in [0.5, 0.6) is 11.5 Å². The van der Waals surface area contributed by atoms with Crippen molar-refractivity contribution in [1.82, 2.24) is 15.0 Å². The third-order valence-electron chi connectivity index (χ3n) is 5.50. The number of nitrogens with zero attached hydrogens (tertiary/aromatic N) is 2. The molecule has 176 valence electrons. The normalized spacial score (nSPS) is 11.9. The molecule has 1 atom stereocenters. The summed E-state index contributed by atoms with van der Waals surface area (Å²) in [6, 6.07) is 12.7. The Morgan fingerprint density at radius 3 is 2.71 bits per heavy atom. The van der Waals surface area contributed by atoms with E-state index in [0.717, 1.165) is 22.7 Å². The molecule has 0 aliphatic rings. The van der Waals surface area contributed by atoms with Crippen molar-refractivity contribution in [2.45, 2.75) is 19.3 Å². The van der Waals surface area contributed by atoms with Crippen LogP contribution in [0.15, 0.2) is 54.9 Å². The Hall–Kier alpha value is -4.14. The molecule has 0 aliphatic heterocycles. The highest BCUT2D eigenvalue weighted by Crippen LogP contribution is 2.29. The molecule has 0 saturated heterocycles. The van der Waals surface area contributed by atoms with Gasteiger partial charge in [0.2, 0.25) is 0 Å². The van der Waals surface area contributed by atoms with Crippen LogP contribution < -0.4 is 14.8 Å². The molecule has 34 heavy (non-hydrogen) atoms. The van der Waals surface area contributed by atoms with E-state index >= 15 is 0 Å². The van der Waals surface area contributed by atoms with Crippen LogP contribution in [0.2, 0.25) is 0 Å². The van der Waals surface area contributed by atoms with Gasteiger partial charge in [0.05, 0.1) is 25.8 Å². The largest absolute Gasteiger partial charge is 0.497 e. The maximum Gasteiger partial charge on any atom is 0.310 e. The molecule has 8 nitrogen and oxygen atoms in total. The highest BCUT2D eigenvalue weighted by molar-refractivity contribution is 5.90. The summed E-state index contributed by atoms with van der Waals surface area (Å²) in [4.78, 5) is 22.8. The summed E-state index contributed by atoms with van der Waals surface area (Å²) in [6.07, 6.45) is 3.46. The minimum Gasteiger partial charge on any atom is -0.497 e. The van der Waals surface area contributed by atoms with Gasteiger partial charge in [0, 0.05) is 29.2 Å². The second-order valence-corrected chi connectivity index (χ2v) is 7.76. The van der Waals surface area contributed by atoms with Gasteiger partial charge in [0.25, 0.3) is 0 Å². The van der Waals surface area contributed by atoms with Crippen LogP contribution in [0, 0.1) is 5.82 Å². The zero-order valence-corrected chi connectivity index (χ0v) is 18.8. The smallest absolute Gasteiger partial charge is 0.310 e. The molecule has 0 fully saturated rings. The first kappa shape index (κ1) is 23.0. The SMILES string of the molecule is COc1ccc(-c2ncc(F)c(NCCCOc3ccc4[nH]cc(C(C)C(=O)O)c4c3)n2)cc1. The number of aromatic amines is 1. The lowest BCUT2D eigenvalue weighted by Gasteiger charge is -2.10. The summed E-state index contributed by atoms with van der Waals surface area (Å²) in [5.41, 5.74) is 2.31. The van der Waals surface area contributed by atoms with Crippen molar-refractivity contribution in [2.75, 3.05) is 25.6 Å². The van der Waals surface area contributed by atoms with Crippen molar-refractivity contribution in [3.05, 3.63) is 66.2 Å². The van der Waals surface area contributed by atoms with Gasteiger partial charge in [-0.2, -0.15) is 0 Å². The summed E-state index contributed by atoms with van der Waals surface area (Å²) < 4.78 is 25.1. The van der Waals surface area contributed by atoms with Crippen LogP contribution in [0.1, 0.15) is 24.8 Å². The summed E-state index contributed by atoms with van der Waals surface area (Å²) in [7, 11) is 1.59. The fourth-order valence-electron chi connectivity index (χ4n) is 3.54. The average molecular weight is 464 g/mol. The summed E-state index contributed by atoms with van der Waals surface area (Å²) in [5, 5.41) is 13.1. The zero-order valence-electron chi connectivity index (χ0n) is 18.8. The van der Waals surface area contributed by atoms with E-state index in [1.54, 1.807) is 32.4 Å². The maximum absolute atomic E-state index is 14.2. The van der Waals surface area contributed by atoms with Crippen LogP contribution in [-0.4, -0.2) is 46.3 Å². The number of benzene rings is 2. The lowest BCUT2D eigenvalue weighted by Crippen LogP contribution is -2.10. The zero-order chi connectivity index (χ0) is 24.1. The van der Waals surface area contributed by atoms with Gasteiger partial charge in [-0.05, 0) is 61.4 Å². The Morgan fingerprint density at radius 2 is 1.97 bits per heavy atom. The van der Waals surface area contributed by atoms with Gasteiger partial charge in [0.15, 0.2) is 17.5 Å². The van der Waals surface area contributed by atoms with Gasteiger partial charge >= 0.3 is 5.97 Å². The number of fused-ring (bicyclic) bond motifs is 1. The molecular weight excluding hydrogens is 439 g/mol. The number of rotatable bonds is 10. The van der Waals surface area contributed by atoms with Gasteiger partial charge in [-0.25, -0.2) is 14.4 Å². The monoisotopic (exact) mass is 464 g/mol. The van der Waals surface area contributed by atoms with Crippen molar-refractivity contribution in [3.8, 4) is 22.9 Å². The maximum atomic E-state index is 14.2. The van der Waals surface area contributed by atoms with Gasteiger partial charge in [-0.15, -0.1) is 0 Å². The van der Waals surface area contributed by atoms with E-state index in [1.165, 1.54) is 0 Å². The van der Waals surface area contributed by atoms with E-state index in [-0.39, 0.29) is 5.82 Å². The fourth-order valence-corrected chi connectivity index (χ4v) is 3.54. The first-order valence-electron chi connectivity index (χ1n) is 10.8. The molecule has 2 aromatic carbocycles. The van der Waals surface area contributed by atoms with Crippen molar-refractivity contribution in [3.63, 3.8) is 0 Å². The standard InChI is InChI=1S/C25H25FN4O4/c1-15(25(31)32)20-13-28-22-9-8-18(12-19(20)22)34-11-3-10-27-24-21(26)14-29-23(30-24)16-4-6-17(33-2)7-5-16/h4-9,12-15,28H,3,10-11H2,1-2H3,(H,31,32)(H,27,29,30). The highest BCUT2D eigenvalue weighted by Gasteiger charge is 2.18.